The second-order valence-corrected chi connectivity index (χ2v) is 6.95. The predicted octanol–water partition coefficient (Wildman–Crippen LogP) is 2.35. The number of nitrogens with one attached hydrogen (secondary N) is 3. The molecule has 154 valence electrons. The molecule has 0 amide bonds. The Hall–Kier alpha value is -2.95. The first kappa shape index (κ1) is 19.4. The number of aromatic nitrogens is 4. The molecule has 3 aromatic rings. The highest BCUT2D eigenvalue weighted by Crippen LogP contribution is 2.33. The zero-order chi connectivity index (χ0) is 20.6. The van der Waals surface area contributed by atoms with Crippen molar-refractivity contribution in [2.24, 2.45) is 5.92 Å². The van der Waals surface area contributed by atoms with E-state index < -0.39 is 35.4 Å². The molecule has 1 aliphatic rings. The molecule has 1 fully saturated rings. The van der Waals surface area contributed by atoms with Gasteiger partial charge in [-0.05, 0) is 37.6 Å². The van der Waals surface area contributed by atoms with Crippen LogP contribution in [0.5, 0.6) is 0 Å². The summed E-state index contributed by atoms with van der Waals surface area (Å²) >= 11 is 0. The van der Waals surface area contributed by atoms with Crippen LogP contribution in [0, 0.1) is 11.7 Å². The van der Waals surface area contributed by atoms with Gasteiger partial charge in [0.1, 0.15) is 11.3 Å². The molecule has 0 radical (unpaired) electrons. The molecule has 0 aliphatic carbocycles. The van der Waals surface area contributed by atoms with Crippen LogP contribution in [0.4, 0.5) is 23.5 Å². The van der Waals surface area contributed by atoms with Crippen molar-refractivity contribution in [1.29, 1.82) is 0 Å². The maximum Gasteiger partial charge on any atom is 0.416 e. The molecule has 29 heavy (non-hydrogen) atoms. The van der Waals surface area contributed by atoms with E-state index in [1.54, 1.807) is 0 Å². The smallest absolute Gasteiger partial charge is 0.354 e. The highest BCUT2D eigenvalue weighted by atomic mass is 19.4. The average molecular weight is 410 g/mol. The number of benzene rings is 1. The van der Waals surface area contributed by atoms with Crippen LogP contribution in [0.3, 0.4) is 0 Å². The number of nitrogens with zero attached hydrogens (tertiary/aromatic N) is 3. The molecule has 1 aromatic carbocycles. The van der Waals surface area contributed by atoms with Crippen LogP contribution in [0.2, 0.25) is 0 Å². The van der Waals surface area contributed by atoms with E-state index in [1.807, 2.05) is 0 Å². The van der Waals surface area contributed by atoms with Crippen LogP contribution in [0.1, 0.15) is 17.5 Å². The van der Waals surface area contributed by atoms with E-state index in [-0.39, 0.29) is 17.1 Å². The summed E-state index contributed by atoms with van der Waals surface area (Å²) in [6, 6.07) is 2.71. The number of fused-ring (bicyclic) bond motifs is 1. The average Bonchev–Trinajstić information content (AvgIpc) is 3.28. The van der Waals surface area contributed by atoms with Crippen LogP contribution < -0.4 is 16.3 Å². The molecular weight excluding hydrogens is 392 g/mol. The highest BCUT2D eigenvalue weighted by molar-refractivity contribution is 5.71. The minimum atomic E-state index is -4.75. The summed E-state index contributed by atoms with van der Waals surface area (Å²) < 4.78 is 55.0. The minimum absolute atomic E-state index is 0.105. The van der Waals surface area contributed by atoms with Crippen LogP contribution >= 0.6 is 0 Å². The Kier molecular flexibility index (Phi) is 4.99. The van der Waals surface area contributed by atoms with Crippen molar-refractivity contribution in [3.8, 4) is 0 Å². The van der Waals surface area contributed by atoms with Crippen molar-refractivity contribution < 1.29 is 17.6 Å². The molecule has 0 spiro atoms. The second kappa shape index (κ2) is 7.47. The summed E-state index contributed by atoms with van der Waals surface area (Å²) in [5.41, 5.74) is -2.07. The first-order valence-corrected chi connectivity index (χ1v) is 9.07. The van der Waals surface area contributed by atoms with Gasteiger partial charge in [-0.3, -0.25) is 4.57 Å². The molecule has 1 saturated heterocycles. The monoisotopic (exact) mass is 410 g/mol. The third kappa shape index (κ3) is 3.95. The van der Waals surface area contributed by atoms with Gasteiger partial charge in [-0.1, -0.05) is 6.07 Å². The van der Waals surface area contributed by atoms with Gasteiger partial charge in [-0.2, -0.15) is 18.2 Å². The summed E-state index contributed by atoms with van der Waals surface area (Å²) in [7, 11) is 0. The summed E-state index contributed by atoms with van der Waals surface area (Å²) in [5.74, 6) is -0.376. The van der Waals surface area contributed by atoms with Crippen molar-refractivity contribution in [3.05, 3.63) is 51.8 Å². The van der Waals surface area contributed by atoms with Gasteiger partial charge < -0.3 is 15.6 Å². The number of halogens is 4. The van der Waals surface area contributed by atoms with E-state index in [2.05, 4.69) is 25.6 Å². The number of aromatic amines is 1. The molecule has 3 N–H and O–H groups in total. The Bertz CT molecular complexity index is 1080. The third-order valence-electron chi connectivity index (χ3n) is 4.96. The predicted molar refractivity (Wildman–Crippen MR) is 98.1 cm³/mol. The third-order valence-corrected chi connectivity index (χ3v) is 4.96. The van der Waals surface area contributed by atoms with Crippen LogP contribution in [-0.4, -0.2) is 39.2 Å². The van der Waals surface area contributed by atoms with Gasteiger partial charge in [-0.25, -0.2) is 14.2 Å². The molecule has 11 heteroatoms. The van der Waals surface area contributed by atoms with Crippen LogP contribution in [0.25, 0.3) is 11.2 Å². The molecule has 0 unspecified atom stereocenters. The quantitative estimate of drug-likeness (QED) is 0.562. The normalized spacial score (nSPS) is 17.2. The van der Waals surface area contributed by atoms with Crippen LogP contribution in [0.15, 0.2) is 29.2 Å². The van der Waals surface area contributed by atoms with Gasteiger partial charge in [-0.15, -0.1) is 0 Å². The van der Waals surface area contributed by atoms with Gasteiger partial charge in [0.2, 0.25) is 5.95 Å². The van der Waals surface area contributed by atoms with E-state index in [1.165, 1.54) is 6.20 Å². The number of anilines is 1. The largest absolute Gasteiger partial charge is 0.416 e. The maximum absolute atomic E-state index is 14.2. The lowest BCUT2D eigenvalue weighted by Crippen LogP contribution is -2.21. The molecule has 7 nitrogen and oxygen atoms in total. The second-order valence-electron chi connectivity index (χ2n) is 6.95. The number of rotatable bonds is 5. The van der Waals surface area contributed by atoms with E-state index >= 15 is 0 Å². The number of hydrogen-bond acceptors (Lipinski definition) is 5. The molecule has 1 atom stereocenters. The van der Waals surface area contributed by atoms with E-state index in [0.717, 1.165) is 42.3 Å². The fourth-order valence-electron chi connectivity index (χ4n) is 3.44. The zero-order valence-corrected chi connectivity index (χ0v) is 15.2. The molecule has 1 aliphatic heterocycles. The molecule has 0 bridgehead atoms. The number of alkyl halides is 3. The Morgan fingerprint density at radius 3 is 2.86 bits per heavy atom. The van der Waals surface area contributed by atoms with Crippen molar-refractivity contribution in [2.75, 3.05) is 25.0 Å². The van der Waals surface area contributed by atoms with Gasteiger partial charge in [0.25, 0.3) is 0 Å². The van der Waals surface area contributed by atoms with Crippen molar-refractivity contribution in [2.45, 2.75) is 19.1 Å². The Morgan fingerprint density at radius 1 is 1.31 bits per heavy atom. The van der Waals surface area contributed by atoms with Crippen LogP contribution in [-0.2, 0) is 12.7 Å². The van der Waals surface area contributed by atoms with Gasteiger partial charge in [0.05, 0.1) is 18.3 Å². The Morgan fingerprint density at radius 2 is 2.14 bits per heavy atom. The molecule has 0 saturated carbocycles. The summed E-state index contributed by atoms with van der Waals surface area (Å²) in [4.78, 5) is 23.2. The fraction of sp³-hybridized carbons (Fsp3) is 0.389. The molecule has 4 rings (SSSR count). The van der Waals surface area contributed by atoms with Crippen molar-refractivity contribution >= 4 is 17.1 Å². The number of hydrogen-bond donors (Lipinski definition) is 3. The summed E-state index contributed by atoms with van der Waals surface area (Å²) in [5, 5.41) is 6.32. The van der Waals surface area contributed by atoms with E-state index in [9.17, 15) is 22.4 Å². The van der Waals surface area contributed by atoms with Crippen molar-refractivity contribution in [3.63, 3.8) is 0 Å². The van der Waals surface area contributed by atoms with Gasteiger partial charge in [0.15, 0.2) is 5.65 Å². The summed E-state index contributed by atoms with van der Waals surface area (Å²) in [6.45, 7) is 1.83. The first-order chi connectivity index (χ1) is 13.8. The SMILES string of the molecule is O=c1[nH]c2cnc(NC[C@H]3CCNC3)nc2n1Cc1c(F)cccc1C(F)(F)F. The topological polar surface area (TPSA) is 87.6 Å². The Labute approximate surface area is 162 Å². The lowest BCUT2D eigenvalue weighted by molar-refractivity contribution is -0.138. The van der Waals surface area contributed by atoms with Gasteiger partial charge in [0, 0.05) is 12.1 Å². The first-order valence-electron chi connectivity index (χ1n) is 9.07. The molecular formula is C18H18F4N6O. The van der Waals surface area contributed by atoms with E-state index in [0.29, 0.717) is 12.5 Å². The zero-order valence-electron chi connectivity index (χ0n) is 15.2. The standard InChI is InChI=1S/C18H18F4N6O/c19-13-3-1-2-12(18(20,21)22)11(13)9-28-15-14(26-17(28)29)8-25-16(27-15)24-7-10-4-5-23-6-10/h1-3,8,10,23H,4-7,9H2,(H,26,29)(H,24,25,27)/t10-/m0/s1. The lowest BCUT2D eigenvalue weighted by Gasteiger charge is -2.14. The molecule has 2 aromatic heterocycles. The number of H-pyrrole nitrogens is 1. The summed E-state index contributed by atoms with van der Waals surface area (Å²) in [6.07, 6.45) is -2.36. The lowest BCUT2D eigenvalue weighted by atomic mass is 10.1. The molecule has 3 heterocycles. The van der Waals surface area contributed by atoms with Gasteiger partial charge >= 0.3 is 11.9 Å². The Balaban J connectivity index is 1.68. The minimum Gasteiger partial charge on any atom is -0.354 e. The number of imidazole rings is 1. The maximum atomic E-state index is 14.2. The highest BCUT2D eigenvalue weighted by Gasteiger charge is 2.34. The van der Waals surface area contributed by atoms with Crippen molar-refractivity contribution in [1.82, 2.24) is 24.8 Å². The fourth-order valence-corrected chi connectivity index (χ4v) is 3.44. The van der Waals surface area contributed by atoms with E-state index in [4.69, 9.17) is 0 Å².